The van der Waals surface area contributed by atoms with Crippen LogP contribution in [0.5, 0.6) is 11.5 Å². The topological polar surface area (TPSA) is 123 Å². The van der Waals surface area contributed by atoms with Crippen LogP contribution in [0.25, 0.3) is 22.0 Å². The molecular weight excluding hydrogens is 466 g/mol. The first-order chi connectivity index (χ1) is 16.3. The van der Waals surface area contributed by atoms with Gasteiger partial charge in [0.25, 0.3) is 5.56 Å². The number of nitriles is 1. The molecule has 4 aromatic rings. The Balaban J connectivity index is 1.93. The van der Waals surface area contributed by atoms with E-state index in [9.17, 15) is 27.6 Å². The number of aromatic nitrogens is 2. The van der Waals surface area contributed by atoms with Gasteiger partial charge in [-0.3, -0.25) is 9.00 Å². The molecule has 0 aliphatic rings. The predicted molar refractivity (Wildman–Crippen MR) is 121 cm³/mol. The van der Waals surface area contributed by atoms with Crippen molar-refractivity contribution in [1.29, 1.82) is 5.26 Å². The SMILES string of the molecule is Cn1cc(-c2cc(CCNS(=O)[O-])c(C#N)cc2Oc2ccc(F)cc2F)c2cc[nH]c2c1=O. The van der Waals surface area contributed by atoms with Crippen LogP contribution in [0.1, 0.15) is 11.1 Å². The maximum atomic E-state index is 14.3. The van der Waals surface area contributed by atoms with Crippen molar-refractivity contribution in [3.8, 4) is 28.7 Å². The smallest absolute Gasteiger partial charge is 0.274 e. The summed E-state index contributed by atoms with van der Waals surface area (Å²) in [7, 11) is 1.57. The van der Waals surface area contributed by atoms with E-state index < -0.39 is 22.9 Å². The van der Waals surface area contributed by atoms with Gasteiger partial charge in [-0.25, -0.2) is 13.5 Å². The molecule has 174 valence electrons. The van der Waals surface area contributed by atoms with E-state index in [4.69, 9.17) is 4.74 Å². The zero-order valence-electron chi connectivity index (χ0n) is 17.7. The number of halogens is 2. The molecule has 2 heterocycles. The summed E-state index contributed by atoms with van der Waals surface area (Å²) in [4.78, 5) is 15.4. The lowest BCUT2D eigenvalue weighted by atomic mass is 9.95. The average Bonchev–Trinajstić information content (AvgIpc) is 3.28. The third-order valence-electron chi connectivity index (χ3n) is 5.24. The van der Waals surface area contributed by atoms with Crippen molar-refractivity contribution in [2.24, 2.45) is 7.05 Å². The first-order valence-electron chi connectivity index (χ1n) is 9.98. The lowest BCUT2D eigenvalue weighted by molar-refractivity contribution is 0.439. The van der Waals surface area contributed by atoms with Gasteiger partial charge >= 0.3 is 0 Å². The standard InChI is InChI=1S/C23H18F2N4O4S/c1-29-12-18(16-5-6-27-22(16)23(29)30)17-8-13(4-7-28-34(31)32)14(11-26)9-21(17)33-20-3-2-15(24)10-19(20)25/h2-3,5-6,8-10,12,27-28H,4,7H2,1H3,(H,31,32)/p-1. The second-order valence-electron chi connectivity index (χ2n) is 7.40. The first-order valence-corrected chi connectivity index (χ1v) is 11.1. The van der Waals surface area contributed by atoms with E-state index in [-0.39, 0.29) is 35.6 Å². The highest BCUT2D eigenvalue weighted by Crippen LogP contribution is 2.39. The molecule has 2 aromatic carbocycles. The number of nitrogens with one attached hydrogen (secondary N) is 2. The van der Waals surface area contributed by atoms with Crippen LogP contribution in [0.3, 0.4) is 0 Å². The zero-order valence-corrected chi connectivity index (χ0v) is 18.5. The number of rotatable bonds is 7. The number of hydrogen-bond donors (Lipinski definition) is 2. The van der Waals surface area contributed by atoms with E-state index in [1.165, 1.54) is 10.6 Å². The second kappa shape index (κ2) is 9.56. The largest absolute Gasteiger partial charge is 0.760 e. The molecule has 0 fully saturated rings. The van der Waals surface area contributed by atoms with Crippen molar-refractivity contribution in [3.05, 3.63) is 81.9 Å². The molecule has 0 aliphatic heterocycles. The average molecular weight is 483 g/mol. The summed E-state index contributed by atoms with van der Waals surface area (Å²) in [5.74, 6) is -1.85. The molecule has 2 aromatic heterocycles. The van der Waals surface area contributed by atoms with Gasteiger partial charge in [-0.2, -0.15) is 5.26 Å². The van der Waals surface area contributed by atoms with Crippen molar-refractivity contribution >= 4 is 22.2 Å². The molecule has 0 spiro atoms. The molecule has 0 radical (unpaired) electrons. The molecule has 2 N–H and O–H groups in total. The Morgan fingerprint density at radius 1 is 1.21 bits per heavy atom. The maximum absolute atomic E-state index is 14.3. The third-order valence-corrected chi connectivity index (χ3v) is 5.68. The van der Waals surface area contributed by atoms with E-state index in [0.717, 1.165) is 12.1 Å². The lowest BCUT2D eigenvalue weighted by Gasteiger charge is -2.17. The van der Waals surface area contributed by atoms with Crippen LogP contribution >= 0.6 is 0 Å². The molecule has 0 saturated heterocycles. The molecule has 1 unspecified atom stereocenters. The monoisotopic (exact) mass is 483 g/mol. The minimum absolute atomic E-state index is 0.0455. The number of benzene rings is 2. The minimum Gasteiger partial charge on any atom is -0.760 e. The van der Waals surface area contributed by atoms with Crippen molar-refractivity contribution in [2.45, 2.75) is 6.42 Å². The minimum atomic E-state index is -2.47. The summed E-state index contributed by atoms with van der Waals surface area (Å²) in [6.07, 6.45) is 3.38. The Kier molecular flexibility index (Phi) is 6.56. The Morgan fingerprint density at radius 2 is 2.00 bits per heavy atom. The van der Waals surface area contributed by atoms with Gasteiger partial charge in [0.05, 0.1) is 11.6 Å². The van der Waals surface area contributed by atoms with Gasteiger partial charge in [-0.1, -0.05) is 0 Å². The Morgan fingerprint density at radius 3 is 2.71 bits per heavy atom. The number of pyridine rings is 1. The molecule has 4 rings (SSSR count). The summed E-state index contributed by atoms with van der Waals surface area (Å²) >= 11 is -2.47. The van der Waals surface area contributed by atoms with Crippen molar-refractivity contribution < 1.29 is 22.3 Å². The van der Waals surface area contributed by atoms with E-state index >= 15 is 0 Å². The molecule has 0 saturated carbocycles. The lowest BCUT2D eigenvalue weighted by Crippen LogP contribution is -2.19. The Labute approximate surface area is 194 Å². The third kappa shape index (κ3) is 4.60. The highest BCUT2D eigenvalue weighted by molar-refractivity contribution is 7.77. The number of fused-ring (bicyclic) bond motifs is 1. The van der Waals surface area contributed by atoms with Gasteiger partial charge in [0.2, 0.25) is 0 Å². The molecule has 0 aliphatic carbocycles. The Hall–Kier alpha value is -3.85. The van der Waals surface area contributed by atoms with Crippen LogP contribution in [-0.2, 0) is 24.7 Å². The first kappa shape index (κ1) is 23.3. The number of aryl methyl sites for hydroxylation is 1. The summed E-state index contributed by atoms with van der Waals surface area (Å²) < 4.78 is 58.8. The fourth-order valence-corrected chi connectivity index (χ4v) is 3.93. The Bertz CT molecular complexity index is 1520. The molecule has 0 amide bonds. The second-order valence-corrected chi connectivity index (χ2v) is 8.16. The molecule has 8 nitrogen and oxygen atoms in total. The predicted octanol–water partition coefficient (Wildman–Crippen LogP) is 3.40. The van der Waals surface area contributed by atoms with Crippen LogP contribution in [0, 0.1) is 23.0 Å². The van der Waals surface area contributed by atoms with Gasteiger partial charge in [0.1, 0.15) is 17.1 Å². The molecular formula is C23H17F2N4O4S-. The number of nitrogens with zero attached hydrogens (tertiary/aromatic N) is 2. The van der Waals surface area contributed by atoms with Crippen molar-refractivity contribution in [2.75, 3.05) is 6.54 Å². The maximum Gasteiger partial charge on any atom is 0.274 e. The molecule has 11 heteroatoms. The van der Waals surface area contributed by atoms with Crippen LogP contribution < -0.4 is 15.0 Å². The number of ether oxygens (including phenoxy) is 1. The number of H-pyrrole nitrogens is 1. The van der Waals surface area contributed by atoms with Gasteiger partial charge in [-0.15, -0.1) is 0 Å². The fourth-order valence-electron chi connectivity index (χ4n) is 3.66. The molecule has 34 heavy (non-hydrogen) atoms. The normalized spacial score (nSPS) is 12.0. The quantitative estimate of drug-likeness (QED) is 0.390. The van der Waals surface area contributed by atoms with Gasteiger partial charge in [-0.05, 0) is 42.3 Å². The number of hydrogen-bond acceptors (Lipinski definition) is 5. The highest BCUT2D eigenvalue weighted by Gasteiger charge is 2.19. The van der Waals surface area contributed by atoms with E-state index in [1.807, 2.05) is 6.07 Å². The van der Waals surface area contributed by atoms with Gasteiger partial charge in [0, 0.05) is 59.8 Å². The van der Waals surface area contributed by atoms with Crippen molar-refractivity contribution in [3.63, 3.8) is 0 Å². The van der Waals surface area contributed by atoms with Crippen LogP contribution in [0.4, 0.5) is 8.78 Å². The van der Waals surface area contributed by atoms with E-state index in [1.54, 1.807) is 31.6 Å². The van der Waals surface area contributed by atoms with Crippen LogP contribution in [0.15, 0.2) is 53.6 Å². The number of aromatic amines is 1. The van der Waals surface area contributed by atoms with E-state index in [0.29, 0.717) is 33.7 Å². The van der Waals surface area contributed by atoms with Gasteiger partial charge in [0.15, 0.2) is 11.6 Å². The van der Waals surface area contributed by atoms with Crippen LogP contribution in [0.2, 0.25) is 0 Å². The summed E-state index contributed by atoms with van der Waals surface area (Å²) in [6, 6.07) is 9.64. The summed E-state index contributed by atoms with van der Waals surface area (Å²) in [6.45, 7) is 0.0455. The van der Waals surface area contributed by atoms with Crippen LogP contribution in [-0.4, -0.2) is 24.9 Å². The highest BCUT2D eigenvalue weighted by atomic mass is 32.2. The summed E-state index contributed by atoms with van der Waals surface area (Å²) in [5, 5.41) is 10.2. The zero-order chi connectivity index (χ0) is 24.4. The fraction of sp³-hybridized carbons (Fsp3) is 0.130. The van der Waals surface area contributed by atoms with Crippen molar-refractivity contribution in [1.82, 2.24) is 14.3 Å². The molecule has 1 atom stereocenters. The van der Waals surface area contributed by atoms with E-state index in [2.05, 4.69) is 9.71 Å². The summed E-state index contributed by atoms with van der Waals surface area (Å²) in [5.41, 5.74) is 1.78. The molecule has 0 bridgehead atoms. The van der Waals surface area contributed by atoms with Gasteiger partial charge < -0.3 is 18.8 Å².